The van der Waals surface area contributed by atoms with Gasteiger partial charge < -0.3 is 15.5 Å². The molecule has 2 aromatic carbocycles. The molecule has 0 radical (unpaired) electrons. The molecule has 0 unspecified atom stereocenters. The van der Waals surface area contributed by atoms with Crippen LogP contribution >= 0.6 is 0 Å². The van der Waals surface area contributed by atoms with E-state index in [9.17, 15) is 12.8 Å². The summed E-state index contributed by atoms with van der Waals surface area (Å²) in [6.07, 6.45) is 0. The van der Waals surface area contributed by atoms with Gasteiger partial charge in [-0.3, -0.25) is 0 Å². The zero-order chi connectivity index (χ0) is 18.4. The van der Waals surface area contributed by atoms with E-state index in [1.54, 1.807) is 19.2 Å². The summed E-state index contributed by atoms with van der Waals surface area (Å²) < 4.78 is 39.2. The quantitative estimate of drug-likeness (QED) is 0.753. The molecule has 25 heavy (non-hydrogen) atoms. The van der Waals surface area contributed by atoms with Crippen LogP contribution in [0.2, 0.25) is 0 Å². The van der Waals surface area contributed by atoms with E-state index < -0.39 is 15.7 Å². The number of anilines is 2. The van der Waals surface area contributed by atoms with Crippen LogP contribution in [0.4, 0.5) is 15.8 Å². The van der Waals surface area contributed by atoms with E-state index in [0.29, 0.717) is 5.69 Å². The first kappa shape index (κ1) is 19.2. The summed E-state index contributed by atoms with van der Waals surface area (Å²) >= 11 is 0. The fourth-order valence-electron chi connectivity index (χ4n) is 2.62. The van der Waals surface area contributed by atoms with Gasteiger partial charge in [-0.2, -0.15) is 0 Å². The number of hydrogen-bond donors (Lipinski definition) is 2. The van der Waals surface area contributed by atoms with Crippen LogP contribution in [0, 0.1) is 5.82 Å². The Morgan fingerprint density at radius 2 is 1.88 bits per heavy atom. The molecule has 0 spiro atoms. The average molecular weight is 365 g/mol. The van der Waals surface area contributed by atoms with Gasteiger partial charge in [0.25, 0.3) is 0 Å². The van der Waals surface area contributed by atoms with Gasteiger partial charge in [0.05, 0.1) is 15.5 Å². The van der Waals surface area contributed by atoms with Crippen molar-refractivity contribution < 1.29 is 12.8 Å². The monoisotopic (exact) mass is 365 g/mol. The summed E-state index contributed by atoms with van der Waals surface area (Å²) in [5, 5.41) is 6.05. The zero-order valence-corrected chi connectivity index (χ0v) is 15.5. The number of sulfone groups is 1. The van der Waals surface area contributed by atoms with E-state index in [1.165, 1.54) is 18.2 Å². The van der Waals surface area contributed by atoms with Crippen LogP contribution in [0.5, 0.6) is 0 Å². The number of nitrogens with zero attached hydrogens (tertiary/aromatic N) is 1. The van der Waals surface area contributed by atoms with Crippen molar-refractivity contribution in [2.45, 2.75) is 16.7 Å². The maximum atomic E-state index is 13.4. The third-order valence-electron chi connectivity index (χ3n) is 4.01. The third kappa shape index (κ3) is 4.29. The highest BCUT2D eigenvalue weighted by Gasteiger charge is 2.22. The summed E-state index contributed by atoms with van der Waals surface area (Å²) in [5.41, 5.74) is 1.42. The summed E-state index contributed by atoms with van der Waals surface area (Å²) in [5.74, 6) is -0.576. The molecule has 2 aromatic rings. The molecule has 0 aliphatic rings. The molecule has 0 fully saturated rings. The van der Waals surface area contributed by atoms with E-state index in [-0.39, 0.29) is 9.79 Å². The normalized spacial score (nSPS) is 11.4. The molecule has 0 saturated heterocycles. The number of nitrogens with one attached hydrogen (secondary N) is 2. The maximum absolute atomic E-state index is 13.4. The van der Waals surface area contributed by atoms with E-state index in [0.717, 1.165) is 31.4 Å². The van der Waals surface area contributed by atoms with Crippen LogP contribution in [0.3, 0.4) is 0 Å². The highest BCUT2D eigenvalue weighted by molar-refractivity contribution is 7.91. The van der Waals surface area contributed by atoms with Crippen molar-refractivity contribution in [3.63, 3.8) is 0 Å². The Balaban J connectivity index is 2.45. The van der Waals surface area contributed by atoms with Crippen molar-refractivity contribution >= 4 is 21.2 Å². The first-order valence-electron chi connectivity index (χ1n) is 8.16. The van der Waals surface area contributed by atoms with E-state index in [4.69, 9.17) is 0 Å². The van der Waals surface area contributed by atoms with Crippen molar-refractivity contribution in [2.75, 3.05) is 43.9 Å². The van der Waals surface area contributed by atoms with Gasteiger partial charge in [0.2, 0.25) is 9.84 Å². The van der Waals surface area contributed by atoms with Gasteiger partial charge in [-0.1, -0.05) is 6.07 Å². The Morgan fingerprint density at radius 1 is 1.12 bits per heavy atom. The van der Waals surface area contributed by atoms with Gasteiger partial charge >= 0.3 is 0 Å². The van der Waals surface area contributed by atoms with Crippen LogP contribution in [-0.4, -0.2) is 42.1 Å². The van der Waals surface area contributed by atoms with Crippen molar-refractivity contribution in [3.05, 3.63) is 48.3 Å². The lowest BCUT2D eigenvalue weighted by Crippen LogP contribution is -2.30. The van der Waals surface area contributed by atoms with Crippen LogP contribution < -0.4 is 15.5 Å². The molecule has 0 aliphatic carbocycles. The first-order valence-corrected chi connectivity index (χ1v) is 9.64. The molecule has 0 saturated carbocycles. The molecular formula is C18H24FN3O2S. The number of rotatable bonds is 8. The van der Waals surface area contributed by atoms with Crippen LogP contribution in [0.25, 0.3) is 0 Å². The van der Waals surface area contributed by atoms with E-state index in [2.05, 4.69) is 15.5 Å². The molecule has 5 nitrogen and oxygen atoms in total. The van der Waals surface area contributed by atoms with Gasteiger partial charge in [-0.25, -0.2) is 12.8 Å². The Bertz CT molecular complexity index is 825. The highest BCUT2D eigenvalue weighted by Crippen LogP contribution is 2.31. The van der Waals surface area contributed by atoms with Gasteiger partial charge in [0.1, 0.15) is 5.82 Å². The molecular weight excluding hydrogens is 341 g/mol. The first-order chi connectivity index (χ1) is 11.9. The van der Waals surface area contributed by atoms with Gasteiger partial charge in [0, 0.05) is 32.4 Å². The molecule has 0 atom stereocenters. The molecule has 0 bridgehead atoms. The minimum absolute atomic E-state index is 0.0562. The molecule has 7 heteroatoms. The molecule has 2 N–H and O–H groups in total. The average Bonchev–Trinajstić information content (AvgIpc) is 2.62. The Hall–Kier alpha value is -2.12. The van der Waals surface area contributed by atoms with Crippen molar-refractivity contribution in [2.24, 2.45) is 0 Å². The van der Waals surface area contributed by atoms with Gasteiger partial charge in [-0.05, 0) is 50.4 Å². The zero-order valence-electron chi connectivity index (χ0n) is 14.7. The second-order valence-electron chi connectivity index (χ2n) is 5.57. The SMILES string of the molecule is CCN(CCNC)c1ccc(S(=O)(=O)c2cccc(F)c2)c(NC)c1. The second-order valence-corrected chi connectivity index (χ2v) is 7.49. The summed E-state index contributed by atoms with van der Waals surface area (Å²) in [4.78, 5) is 2.23. The Morgan fingerprint density at radius 3 is 2.48 bits per heavy atom. The number of benzene rings is 2. The lowest BCUT2D eigenvalue weighted by Gasteiger charge is -2.24. The van der Waals surface area contributed by atoms with Crippen LogP contribution in [-0.2, 0) is 9.84 Å². The summed E-state index contributed by atoms with van der Waals surface area (Å²) in [7, 11) is -0.239. The lowest BCUT2D eigenvalue weighted by atomic mass is 10.2. The molecule has 0 heterocycles. The van der Waals surface area contributed by atoms with Crippen molar-refractivity contribution in [3.8, 4) is 0 Å². The van der Waals surface area contributed by atoms with Crippen molar-refractivity contribution in [1.29, 1.82) is 0 Å². The molecule has 0 aliphatic heterocycles. The predicted molar refractivity (Wildman–Crippen MR) is 99.7 cm³/mol. The number of hydrogen-bond acceptors (Lipinski definition) is 5. The largest absolute Gasteiger partial charge is 0.387 e. The van der Waals surface area contributed by atoms with E-state index in [1.807, 2.05) is 20.0 Å². The molecule has 0 amide bonds. The highest BCUT2D eigenvalue weighted by atomic mass is 32.2. The fourth-order valence-corrected chi connectivity index (χ4v) is 4.10. The van der Waals surface area contributed by atoms with Crippen LogP contribution in [0.15, 0.2) is 52.3 Å². The Kier molecular flexibility index (Phi) is 6.39. The number of halogens is 1. The maximum Gasteiger partial charge on any atom is 0.208 e. The fraction of sp³-hybridized carbons (Fsp3) is 0.333. The van der Waals surface area contributed by atoms with E-state index >= 15 is 0 Å². The minimum Gasteiger partial charge on any atom is -0.387 e. The summed E-state index contributed by atoms with van der Waals surface area (Å²) in [6.45, 7) is 4.49. The molecule has 136 valence electrons. The molecule has 0 aromatic heterocycles. The predicted octanol–water partition coefficient (Wildman–Crippen LogP) is 2.75. The molecule has 2 rings (SSSR count). The van der Waals surface area contributed by atoms with Crippen LogP contribution in [0.1, 0.15) is 6.92 Å². The smallest absolute Gasteiger partial charge is 0.208 e. The summed E-state index contributed by atoms with van der Waals surface area (Å²) in [6, 6.07) is 10.2. The standard InChI is InChI=1S/C18H24FN3O2S/c1-4-22(11-10-20-2)15-8-9-18(17(13-15)21-3)25(23,24)16-7-5-6-14(19)12-16/h5-9,12-13,20-21H,4,10-11H2,1-3H3. The second kappa shape index (κ2) is 8.31. The van der Waals surface area contributed by atoms with Gasteiger partial charge in [0.15, 0.2) is 0 Å². The lowest BCUT2D eigenvalue weighted by molar-refractivity contribution is 0.591. The minimum atomic E-state index is -3.80. The third-order valence-corrected chi connectivity index (χ3v) is 5.82. The Labute approximate surface area is 148 Å². The number of likely N-dealkylation sites (N-methyl/N-ethyl adjacent to an activating group) is 2. The van der Waals surface area contributed by atoms with Gasteiger partial charge in [-0.15, -0.1) is 0 Å². The van der Waals surface area contributed by atoms with Crippen molar-refractivity contribution in [1.82, 2.24) is 5.32 Å². The topological polar surface area (TPSA) is 61.4 Å².